The number of hydrogen-bond acceptors (Lipinski definition) is 4. The predicted octanol–water partition coefficient (Wildman–Crippen LogP) is 2.52. The van der Waals surface area contributed by atoms with E-state index in [0.717, 1.165) is 18.4 Å². The normalized spacial score (nSPS) is 13.1. The van der Waals surface area contributed by atoms with E-state index < -0.39 is 0 Å². The first-order valence-corrected chi connectivity index (χ1v) is 8.94. The number of amides is 2. The van der Waals surface area contributed by atoms with E-state index in [4.69, 9.17) is 5.26 Å². The minimum absolute atomic E-state index is 0.0982. The highest BCUT2D eigenvalue weighted by atomic mass is 16.2. The molecule has 1 saturated carbocycles. The summed E-state index contributed by atoms with van der Waals surface area (Å²) in [6, 6.07) is 16.8. The molecule has 3 rings (SSSR count). The van der Waals surface area contributed by atoms with Crippen LogP contribution in [0.25, 0.3) is 0 Å². The summed E-state index contributed by atoms with van der Waals surface area (Å²) >= 11 is 0. The third kappa shape index (κ3) is 5.16. The Labute approximate surface area is 158 Å². The highest BCUT2D eigenvalue weighted by Crippen LogP contribution is 2.28. The molecule has 1 aliphatic rings. The van der Waals surface area contributed by atoms with Gasteiger partial charge in [0, 0.05) is 30.9 Å². The highest BCUT2D eigenvalue weighted by Gasteiger charge is 2.30. The second kappa shape index (κ2) is 8.47. The number of nitriles is 1. The Morgan fingerprint density at radius 1 is 1.19 bits per heavy atom. The third-order valence-corrected chi connectivity index (χ3v) is 4.51. The molecule has 27 heavy (non-hydrogen) atoms. The average Bonchev–Trinajstić information content (AvgIpc) is 3.53. The topological polar surface area (TPSA) is 85.2 Å². The van der Waals surface area contributed by atoms with Crippen LogP contribution in [0.1, 0.15) is 34.3 Å². The first-order valence-electron chi connectivity index (χ1n) is 8.94. The Morgan fingerprint density at radius 2 is 1.93 bits per heavy atom. The Hall–Kier alpha value is -3.17. The van der Waals surface area contributed by atoms with E-state index in [1.54, 1.807) is 43.4 Å². The van der Waals surface area contributed by atoms with Crippen molar-refractivity contribution in [1.29, 1.82) is 5.26 Å². The van der Waals surface area contributed by atoms with Crippen LogP contribution in [0, 0.1) is 11.3 Å². The van der Waals surface area contributed by atoms with Crippen molar-refractivity contribution in [3.05, 3.63) is 65.2 Å². The fourth-order valence-electron chi connectivity index (χ4n) is 2.95. The third-order valence-electron chi connectivity index (χ3n) is 4.51. The Bertz CT molecular complexity index is 866. The van der Waals surface area contributed by atoms with Gasteiger partial charge in [0.25, 0.3) is 5.91 Å². The monoisotopic (exact) mass is 362 g/mol. The summed E-state index contributed by atoms with van der Waals surface area (Å²) in [4.78, 5) is 26.2. The van der Waals surface area contributed by atoms with Crippen LogP contribution >= 0.6 is 0 Å². The summed E-state index contributed by atoms with van der Waals surface area (Å²) in [7, 11) is 1.61. The molecule has 0 heterocycles. The van der Waals surface area contributed by atoms with Crippen molar-refractivity contribution in [2.45, 2.75) is 25.4 Å². The van der Waals surface area contributed by atoms with E-state index in [1.165, 1.54) is 0 Å². The van der Waals surface area contributed by atoms with E-state index in [1.807, 2.05) is 12.1 Å². The summed E-state index contributed by atoms with van der Waals surface area (Å²) in [5.41, 5.74) is 2.83. The molecule has 138 valence electrons. The van der Waals surface area contributed by atoms with Crippen molar-refractivity contribution in [2.24, 2.45) is 0 Å². The number of nitrogens with one attached hydrogen (secondary N) is 2. The quantitative estimate of drug-likeness (QED) is 0.793. The van der Waals surface area contributed by atoms with Crippen LogP contribution in [0.15, 0.2) is 48.5 Å². The summed E-state index contributed by atoms with van der Waals surface area (Å²) in [5.74, 6) is -0.210. The van der Waals surface area contributed by atoms with Gasteiger partial charge in [-0.2, -0.15) is 5.26 Å². The molecular weight excluding hydrogens is 340 g/mol. The Morgan fingerprint density at radius 3 is 2.56 bits per heavy atom. The van der Waals surface area contributed by atoms with E-state index in [0.29, 0.717) is 35.9 Å². The lowest BCUT2D eigenvalue weighted by molar-refractivity contribution is -0.117. The van der Waals surface area contributed by atoms with Crippen molar-refractivity contribution in [3.8, 4) is 6.07 Å². The average molecular weight is 362 g/mol. The lowest BCUT2D eigenvalue weighted by atomic mass is 10.1. The molecule has 0 atom stereocenters. The van der Waals surface area contributed by atoms with Crippen LogP contribution in [0.5, 0.6) is 0 Å². The standard InChI is InChI=1S/C21H22N4O2/c1-23-21(27)17-7-5-15(6-8-17)13-25(19-9-10-19)14-20(26)24-18-4-2-3-16(11-18)12-22/h2-8,11,19H,9-10,13-14H2,1H3,(H,23,27)(H,24,26). The summed E-state index contributed by atoms with van der Waals surface area (Å²) in [6.07, 6.45) is 2.18. The second-order valence-electron chi connectivity index (χ2n) is 6.65. The zero-order chi connectivity index (χ0) is 19.2. The Balaban J connectivity index is 1.61. The van der Waals surface area contributed by atoms with Crippen molar-refractivity contribution >= 4 is 17.5 Å². The van der Waals surface area contributed by atoms with Crippen LogP contribution in [0.3, 0.4) is 0 Å². The van der Waals surface area contributed by atoms with Gasteiger partial charge in [0.15, 0.2) is 0 Å². The number of rotatable bonds is 7. The number of benzene rings is 2. The molecule has 1 aliphatic carbocycles. The number of hydrogen-bond donors (Lipinski definition) is 2. The molecule has 6 heteroatoms. The molecule has 0 unspecified atom stereocenters. The van der Waals surface area contributed by atoms with E-state index in [9.17, 15) is 9.59 Å². The summed E-state index contributed by atoms with van der Waals surface area (Å²) in [6.45, 7) is 0.947. The largest absolute Gasteiger partial charge is 0.355 e. The van der Waals surface area contributed by atoms with Gasteiger partial charge in [0.1, 0.15) is 0 Å². The van der Waals surface area contributed by atoms with Crippen molar-refractivity contribution in [2.75, 3.05) is 18.9 Å². The van der Waals surface area contributed by atoms with E-state index >= 15 is 0 Å². The zero-order valence-electron chi connectivity index (χ0n) is 15.2. The summed E-state index contributed by atoms with van der Waals surface area (Å²) in [5, 5.41) is 14.4. The molecule has 2 aromatic rings. The number of carbonyl (C=O) groups excluding carboxylic acids is 2. The first-order chi connectivity index (χ1) is 13.1. The SMILES string of the molecule is CNC(=O)c1ccc(CN(CC(=O)Nc2cccc(C#N)c2)C2CC2)cc1. The molecule has 0 aromatic heterocycles. The first kappa shape index (κ1) is 18.6. The molecular formula is C21H22N4O2. The lowest BCUT2D eigenvalue weighted by Gasteiger charge is -2.21. The second-order valence-corrected chi connectivity index (χ2v) is 6.65. The zero-order valence-corrected chi connectivity index (χ0v) is 15.2. The van der Waals surface area contributed by atoms with Crippen LogP contribution < -0.4 is 10.6 Å². The van der Waals surface area contributed by atoms with E-state index in [-0.39, 0.29) is 11.8 Å². The fourth-order valence-corrected chi connectivity index (χ4v) is 2.95. The molecule has 2 aromatic carbocycles. The molecule has 1 fully saturated rings. The highest BCUT2D eigenvalue weighted by molar-refractivity contribution is 5.94. The van der Waals surface area contributed by atoms with Gasteiger partial charge < -0.3 is 10.6 Å². The maximum atomic E-state index is 12.4. The van der Waals surface area contributed by atoms with Gasteiger partial charge in [-0.05, 0) is 48.7 Å². The smallest absolute Gasteiger partial charge is 0.251 e. The number of nitrogens with zero attached hydrogens (tertiary/aromatic N) is 2. The molecule has 2 amide bonds. The van der Waals surface area contributed by atoms with Gasteiger partial charge in [-0.15, -0.1) is 0 Å². The molecule has 2 N–H and O–H groups in total. The van der Waals surface area contributed by atoms with Gasteiger partial charge in [-0.1, -0.05) is 18.2 Å². The molecule has 0 saturated heterocycles. The minimum Gasteiger partial charge on any atom is -0.355 e. The predicted molar refractivity (Wildman–Crippen MR) is 103 cm³/mol. The van der Waals surface area contributed by atoms with Crippen LogP contribution in [0.2, 0.25) is 0 Å². The summed E-state index contributed by atoms with van der Waals surface area (Å²) < 4.78 is 0. The van der Waals surface area contributed by atoms with E-state index in [2.05, 4.69) is 21.6 Å². The minimum atomic E-state index is -0.112. The van der Waals surface area contributed by atoms with Crippen molar-refractivity contribution in [3.63, 3.8) is 0 Å². The molecule has 0 radical (unpaired) electrons. The van der Waals surface area contributed by atoms with Crippen molar-refractivity contribution < 1.29 is 9.59 Å². The van der Waals surface area contributed by atoms with Gasteiger partial charge >= 0.3 is 0 Å². The number of anilines is 1. The number of carbonyl (C=O) groups is 2. The molecule has 6 nitrogen and oxygen atoms in total. The van der Waals surface area contributed by atoms with Crippen LogP contribution in [-0.2, 0) is 11.3 Å². The van der Waals surface area contributed by atoms with Gasteiger partial charge in [-0.25, -0.2) is 0 Å². The van der Waals surface area contributed by atoms with Gasteiger partial charge in [0.2, 0.25) is 5.91 Å². The van der Waals surface area contributed by atoms with Crippen molar-refractivity contribution in [1.82, 2.24) is 10.2 Å². The molecule has 0 bridgehead atoms. The molecule has 0 aliphatic heterocycles. The van der Waals surface area contributed by atoms with Crippen LogP contribution in [0.4, 0.5) is 5.69 Å². The maximum absolute atomic E-state index is 12.4. The fraction of sp³-hybridized carbons (Fsp3) is 0.286. The maximum Gasteiger partial charge on any atom is 0.251 e. The van der Waals surface area contributed by atoms with Gasteiger partial charge in [-0.3, -0.25) is 14.5 Å². The Kier molecular flexibility index (Phi) is 5.84. The molecule has 0 spiro atoms. The van der Waals surface area contributed by atoms with Crippen LogP contribution in [-0.4, -0.2) is 36.3 Å². The lowest BCUT2D eigenvalue weighted by Crippen LogP contribution is -2.34. The van der Waals surface area contributed by atoms with Gasteiger partial charge in [0.05, 0.1) is 18.2 Å².